The predicted octanol–water partition coefficient (Wildman–Crippen LogP) is 1.64. The Hall–Kier alpha value is -1.12. The molecule has 0 amide bonds. The van der Waals surface area contributed by atoms with Crippen molar-refractivity contribution in [3.05, 3.63) is 18.2 Å². The Morgan fingerprint density at radius 2 is 2.42 bits per heavy atom. The third-order valence-electron chi connectivity index (χ3n) is 2.40. The maximum absolute atomic E-state index is 11.4. The molecule has 0 radical (unpaired) electrons. The quantitative estimate of drug-likeness (QED) is 0.685. The van der Waals surface area contributed by atoms with E-state index in [9.17, 15) is 4.79 Å². The molecule has 1 N–H and O–H groups in total. The number of ketones is 1. The van der Waals surface area contributed by atoms with Crippen molar-refractivity contribution in [1.82, 2.24) is 9.97 Å². The molecular weight excluding hydrogens is 152 g/mol. The first-order valence-corrected chi connectivity index (χ1v) is 4.40. The van der Waals surface area contributed by atoms with Gasteiger partial charge in [0.1, 0.15) is 11.6 Å². The lowest BCUT2D eigenvalue weighted by atomic mass is 9.87. The third-order valence-corrected chi connectivity index (χ3v) is 2.40. The summed E-state index contributed by atoms with van der Waals surface area (Å²) in [6.45, 7) is 0. The molecule has 1 aromatic heterocycles. The molecule has 0 saturated heterocycles. The van der Waals surface area contributed by atoms with Crippen LogP contribution in [0.25, 0.3) is 0 Å². The van der Waals surface area contributed by atoms with Crippen LogP contribution in [-0.2, 0) is 4.79 Å². The van der Waals surface area contributed by atoms with E-state index in [2.05, 4.69) is 9.97 Å². The van der Waals surface area contributed by atoms with Crippen LogP contribution in [0.15, 0.2) is 12.4 Å². The number of Topliss-reactive ketones (excluding diaryl/α,β-unsaturated/α-hetero) is 1. The molecule has 3 nitrogen and oxygen atoms in total. The van der Waals surface area contributed by atoms with Crippen LogP contribution in [0.2, 0.25) is 0 Å². The van der Waals surface area contributed by atoms with Crippen LogP contribution in [0.5, 0.6) is 0 Å². The number of aromatic nitrogens is 2. The lowest BCUT2D eigenvalue weighted by Crippen LogP contribution is -2.18. The van der Waals surface area contributed by atoms with Crippen molar-refractivity contribution >= 4 is 5.78 Å². The molecule has 0 aliphatic heterocycles. The van der Waals surface area contributed by atoms with Gasteiger partial charge in [0, 0.05) is 18.8 Å². The van der Waals surface area contributed by atoms with Crippen molar-refractivity contribution < 1.29 is 4.79 Å². The topological polar surface area (TPSA) is 45.8 Å². The Balaban J connectivity index is 2.17. The van der Waals surface area contributed by atoms with Crippen molar-refractivity contribution in [2.45, 2.75) is 31.6 Å². The highest BCUT2D eigenvalue weighted by Gasteiger charge is 2.25. The van der Waals surface area contributed by atoms with E-state index in [0.717, 1.165) is 31.5 Å². The molecular formula is C9H12N2O. The molecule has 1 aromatic rings. The van der Waals surface area contributed by atoms with Gasteiger partial charge in [-0.2, -0.15) is 0 Å². The van der Waals surface area contributed by atoms with E-state index in [1.807, 2.05) is 0 Å². The zero-order chi connectivity index (χ0) is 8.39. The molecule has 1 fully saturated rings. The molecule has 0 aromatic carbocycles. The number of imidazole rings is 1. The normalized spacial score (nSPS) is 24.3. The Labute approximate surface area is 71.2 Å². The molecule has 1 atom stereocenters. The Morgan fingerprint density at radius 1 is 1.50 bits per heavy atom. The van der Waals surface area contributed by atoms with Gasteiger partial charge in [0.05, 0.1) is 5.92 Å². The van der Waals surface area contributed by atoms with Gasteiger partial charge >= 0.3 is 0 Å². The fraction of sp³-hybridized carbons (Fsp3) is 0.556. The minimum absolute atomic E-state index is 0.0498. The zero-order valence-electron chi connectivity index (χ0n) is 6.92. The van der Waals surface area contributed by atoms with Gasteiger partial charge in [0.15, 0.2) is 0 Å². The van der Waals surface area contributed by atoms with Crippen molar-refractivity contribution in [3.8, 4) is 0 Å². The largest absolute Gasteiger partial charge is 0.348 e. The second-order valence-corrected chi connectivity index (χ2v) is 3.24. The summed E-state index contributed by atoms with van der Waals surface area (Å²) >= 11 is 0. The molecule has 1 saturated carbocycles. The standard InChI is InChI=1S/C9H12N2O/c12-8-4-2-1-3-7(8)9-10-5-6-11-9/h5-7H,1-4H2,(H,10,11). The second kappa shape index (κ2) is 3.09. The smallest absolute Gasteiger partial charge is 0.143 e. The van der Waals surface area contributed by atoms with E-state index >= 15 is 0 Å². The number of hydrogen-bond donors (Lipinski definition) is 1. The van der Waals surface area contributed by atoms with Gasteiger partial charge in [-0.15, -0.1) is 0 Å². The van der Waals surface area contributed by atoms with Crippen molar-refractivity contribution in [3.63, 3.8) is 0 Å². The zero-order valence-corrected chi connectivity index (χ0v) is 6.92. The summed E-state index contributed by atoms with van der Waals surface area (Å²) in [7, 11) is 0. The van der Waals surface area contributed by atoms with E-state index in [-0.39, 0.29) is 5.92 Å². The number of carbonyl (C=O) groups excluding carboxylic acids is 1. The molecule has 64 valence electrons. The second-order valence-electron chi connectivity index (χ2n) is 3.24. The van der Waals surface area contributed by atoms with Gasteiger partial charge in [-0.05, 0) is 12.8 Å². The van der Waals surface area contributed by atoms with Crippen molar-refractivity contribution in [1.29, 1.82) is 0 Å². The minimum Gasteiger partial charge on any atom is -0.348 e. The Morgan fingerprint density at radius 3 is 3.08 bits per heavy atom. The first kappa shape index (κ1) is 7.53. The maximum Gasteiger partial charge on any atom is 0.143 e. The predicted molar refractivity (Wildman–Crippen MR) is 44.8 cm³/mol. The summed E-state index contributed by atoms with van der Waals surface area (Å²) in [6, 6.07) is 0. The molecule has 3 heteroatoms. The number of hydrogen-bond acceptors (Lipinski definition) is 2. The van der Waals surface area contributed by atoms with Gasteiger partial charge in [-0.3, -0.25) is 4.79 Å². The first-order valence-electron chi connectivity index (χ1n) is 4.40. The maximum atomic E-state index is 11.4. The molecule has 2 rings (SSSR count). The molecule has 1 aliphatic carbocycles. The third kappa shape index (κ3) is 1.26. The number of nitrogens with zero attached hydrogens (tertiary/aromatic N) is 1. The number of nitrogens with one attached hydrogen (secondary N) is 1. The van der Waals surface area contributed by atoms with Crippen LogP contribution in [-0.4, -0.2) is 15.8 Å². The Kier molecular flexibility index (Phi) is 1.94. The fourth-order valence-electron chi connectivity index (χ4n) is 1.74. The van der Waals surface area contributed by atoms with E-state index in [1.165, 1.54) is 0 Å². The van der Waals surface area contributed by atoms with E-state index in [0.29, 0.717) is 5.78 Å². The Bertz CT molecular complexity index is 266. The number of carbonyl (C=O) groups is 1. The summed E-state index contributed by atoms with van der Waals surface area (Å²) in [6.07, 6.45) is 7.37. The van der Waals surface area contributed by atoms with Gasteiger partial charge in [-0.1, -0.05) is 6.42 Å². The van der Waals surface area contributed by atoms with E-state index in [1.54, 1.807) is 12.4 Å². The van der Waals surface area contributed by atoms with Gasteiger partial charge in [0.2, 0.25) is 0 Å². The fourth-order valence-corrected chi connectivity index (χ4v) is 1.74. The molecule has 1 heterocycles. The van der Waals surface area contributed by atoms with Crippen molar-refractivity contribution in [2.24, 2.45) is 0 Å². The average Bonchev–Trinajstić information content (AvgIpc) is 2.57. The van der Waals surface area contributed by atoms with Crippen LogP contribution >= 0.6 is 0 Å². The van der Waals surface area contributed by atoms with Gasteiger partial charge in [0.25, 0.3) is 0 Å². The van der Waals surface area contributed by atoms with Crippen LogP contribution < -0.4 is 0 Å². The number of rotatable bonds is 1. The van der Waals surface area contributed by atoms with Gasteiger partial charge in [-0.25, -0.2) is 4.98 Å². The average molecular weight is 164 g/mol. The van der Waals surface area contributed by atoms with Crippen LogP contribution in [0.1, 0.15) is 37.4 Å². The van der Waals surface area contributed by atoms with Crippen molar-refractivity contribution in [2.75, 3.05) is 0 Å². The highest BCUT2D eigenvalue weighted by molar-refractivity contribution is 5.85. The van der Waals surface area contributed by atoms with E-state index in [4.69, 9.17) is 0 Å². The lowest BCUT2D eigenvalue weighted by molar-refractivity contribution is -0.122. The molecule has 0 spiro atoms. The summed E-state index contributed by atoms with van der Waals surface area (Å²) < 4.78 is 0. The van der Waals surface area contributed by atoms with Gasteiger partial charge < -0.3 is 4.98 Å². The summed E-state index contributed by atoms with van der Waals surface area (Å²) in [4.78, 5) is 18.6. The summed E-state index contributed by atoms with van der Waals surface area (Å²) in [5.41, 5.74) is 0. The molecule has 0 bridgehead atoms. The first-order chi connectivity index (χ1) is 5.88. The highest BCUT2D eigenvalue weighted by Crippen LogP contribution is 2.27. The SMILES string of the molecule is O=C1CCCCC1c1ncc[nH]1. The van der Waals surface area contributed by atoms with Crippen LogP contribution in [0.3, 0.4) is 0 Å². The lowest BCUT2D eigenvalue weighted by Gasteiger charge is -2.17. The number of H-pyrrole nitrogens is 1. The molecule has 1 aliphatic rings. The monoisotopic (exact) mass is 164 g/mol. The molecule has 12 heavy (non-hydrogen) atoms. The highest BCUT2D eigenvalue weighted by atomic mass is 16.1. The summed E-state index contributed by atoms with van der Waals surface area (Å²) in [5, 5.41) is 0. The van der Waals surface area contributed by atoms with Crippen LogP contribution in [0, 0.1) is 0 Å². The molecule has 1 unspecified atom stereocenters. The number of aromatic amines is 1. The minimum atomic E-state index is 0.0498. The van der Waals surface area contributed by atoms with Crippen LogP contribution in [0.4, 0.5) is 0 Å². The summed E-state index contributed by atoms with van der Waals surface area (Å²) in [5.74, 6) is 1.24. The van der Waals surface area contributed by atoms with E-state index < -0.39 is 0 Å².